The van der Waals surface area contributed by atoms with Crippen LogP contribution in [0.1, 0.15) is 18.5 Å². The van der Waals surface area contributed by atoms with Crippen LogP contribution in [0.5, 0.6) is 11.5 Å². The lowest BCUT2D eigenvalue weighted by atomic mass is 10.1. The van der Waals surface area contributed by atoms with Crippen LogP contribution in [0.4, 0.5) is 0 Å². The highest BCUT2D eigenvalue weighted by Gasteiger charge is 2.22. The Labute approximate surface area is 127 Å². The van der Waals surface area contributed by atoms with E-state index in [0.717, 1.165) is 14.3 Å². The van der Waals surface area contributed by atoms with Gasteiger partial charge in [-0.05, 0) is 24.6 Å². The van der Waals surface area contributed by atoms with Crippen molar-refractivity contribution in [2.75, 3.05) is 27.3 Å². The molecule has 1 aromatic carbocycles. The second-order valence-electron chi connectivity index (χ2n) is 4.64. The van der Waals surface area contributed by atoms with Gasteiger partial charge in [-0.2, -0.15) is 17.4 Å². The zero-order valence-corrected chi connectivity index (χ0v) is 13.9. The van der Waals surface area contributed by atoms with E-state index in [-0.39, 0.29) is 0 Å². The lowest BCUT2D eigenvalue weighted by molar-refractivity contribution is 0.171. The minimum atomic E-state index is -3.49. The number of ether oxygens (including phenoxy) is 2. The van der Waals surface area contributed by atoms with Crippen LogP contribution in [0.3, 0.4) is 0 Å². The normalized spacial score (nSPS) is 16.2. The first-order valence-electron chi connectivity index (χ1n) is 6.10. The van der Waals surface area contributed by atoms with Gasteiger partial charge in [0.2, 0.25) is 0 Å². The molecule has 0 saturated carbocycles. The van der Waals surface area contributed by atoms with Gasteiger partial charge >= 0.3 is 0 Å². The Bertz CT molecular complexity index is 604. The summed E-state index contributed by atoms with van der Waals surface area (Å²) in [5, 5.41) is 0. The van der Waals surface area contributed by atoms with Crippen LogP contribution in [-0.2, 0) is 10.2 Å². The molecule has 112 valence electrons. The maximum Gasteiger partial charge on any atom is 0.279 e. The van der Waals surface area contributed by atoms with Gasteiger partial charge in [0.25, 0.3) is 10.2 Å². The molecule has 6 nitrogen and oxygen atoms in total. The van der Waals surface area contributed by atoms with Crippen LogP contribution in [0.15, 0.2) is 16.6 Å². The molecule has 0 amide bonds. The highest BCUT2D eigenvalue weighted by Crippen LogP contribution is 2.37. The Morgan fingerprint density at radius 3 is 2.35 bits per heavy atom. The van der Waals surface area contributed by atoms with E-state index in [1.165, 1.54) is 14.1 Å². The summed E-state index contributed by atoms with van der Waals surface area (Å²) in [4.78, 5) is 0. The van der Waals surface area contributed by atoms with Gasteiger partial charge in [0.1, 0.15) is 13.2 Å². The maximum absolute atomic E-state index is 11.9. The number of halogens is 1. The molecule has 0 bridgehead atoms. The Hall–Kier alpha value is -0.830. The van der Waals surface area contributed by atoms with Crippen molar-refractivity contribution >= 4 is 26.1 Å². The van der Waals surface area contributed by atoms with Gasteiger partial charge < -0.3 is 9.47 Å². The van der Waals surface area contributed by atoms with E-state index in [0.29, 0.717) is 24.7 Å². The molecular weight excluding hydrogens is 348 g/mol. The molecule has 0 aromatic heterocycles. The first kappa shape index (κ1) is 15.6. The Morgan fingerprint density at radius 2 is 1.80 bits per heavy atom. The molecule has 1 aliphatic heterocycles. The molecule has 8 heteroatoms. The van der Waals surface area contributed by atoms with E-state index in [4.69, 9.17) is 9.47 Å². The summed E-state index contributed by atoms with van der Waals surface area (Å²) in [6.45, 7) is 2.78. The first-order valence-corrected chi connectivity index (χ1v) is 8.33. The van der Waals surface area contributed by atoms with Crippen LogP contribution >= 0.6 is 15.9 Å². The highest BCUT2D eigenvalue weighted by atomic mass is 79.9. The molecule has 0 saturated heterocycles. The molecule has 0 radical (unpaired) electrons. The predicted octanol–water partition coefficient (Wildman–Crippen LogP) is 1.68. The second-order valence-corrected chi connectivity index (χ2v) is 7.41. The number of benzene rings is 1. The van der Waals surface area contributed by atoms with Crippen molar-refractivity contribution < 1.29 is 17.9 Å². The largest absolute Gasteiger partial charge is 0.486 e. The zero-order chi connectivity index (χ0) is 14.9. The topological polar surface area (TPSA) is 67.9 Å². The second kappa shape index (κ2) is 5.88. The molecule has 1 unspecified atom stereocenters. The molecule has 1 N–H and O–H groups in total. The number of rotatable bonds is 4. The number of nitrogens with zero attached hydrogens (tertiary/aromatic N) is 1. The van der Waals surface area contributed by atoms with Gasteiger partial charge in [0.05, 0.1) is 0 Å². The summed E-state index contributed by atoms with van der Waals surface area (Å²) in [5.74, 6) is 1.29. The SMILES string of the molecule is CC(NS(=O)(=O)N(C)C)c1cc2c(cc1Br)OCCO2. The lowest BCUT2D eigenvalue weighted by Gasteiger charge is -2.23. The summed E-state index contributed by atoms with van der Waals surface area (Å²) >= 11 is 3.44. The molecule has 0 aliphatic carbocycles. The number of hydrogen-bond donors (Lipinski definition) is 1. The van der Waals surface area contributed by atoms with Crippen molar-refractivity contribution in [2.24, 2.45) is 0 Å². The molecule has 1 atom stereocenters. The third-order valence-corrected chi connectivity index (χ3v) is 5.23. The predicted molar refractivity (Wildman–Crippen MR) is 79.3 cm³/mol. The number of nitrogens with one attached hydrogen (secondary N) is 1. The maximum atomic E-state index is 11.9. The van der Waals surface area contributed by atoms with Crippen LogP contribution < -0.4 is 14.2 Å². The van der Waals surface area contributed by atoms with Crippen LogP contribution in [0.2, 0.25) is 0 Å². The summed E-state index contributed by atoms with van der Waals surface area (Å²) in [7, 11) is -0.533. The summed E-state index contributed by atoms with van der Waals surface area (Å²) < 4.78 is 39.2. The molecule has 1 heterocycles. The van der Waals surface area contributed by atoms with Crippen LogP contribution in [-0.4, -0.2) is 40.0 Å². The molecule has 20 heavy (non-hydrogen) atoms. The van der Waals surface area contributed by atoms with Gasteiger partial charge in [-0.3, -0.25) is 0 Å². The lowest BCUT2D eigenvalue weighted by Crippen LogP contribution is -2.37. The van der Waals surface area contributed by atoms with Gasteiger partial charge in [0, 0.05) is 24.6 Å². The van der Waals surface area contributed by atoms with Crippen molar-refractivity contribution in [1.29, 1.82) is 0 Å². The van der Waals surface area contributed by atoms with E-state index >= 15 is 0 Å². The van der Waals surface area contributed by atoms with Gasteiger partial charge in [-0.25, -0.2) is 0 Å². The fourth-order valence-electron chi connectivity index (χ4n) is 1.80. The standard InChI is InChI=1S/C12H17BrN2O4S/c1-8(14-20(16,17)15(2)3)9-6-11-12(7-10(9)13)19-5-4-18-11/h6-8,14H,4-5H2,1-3H3. The molecule has 1 aliphatic rings. The van der Waals surface area contributed by atoms with E-state index in [2.05, 4.69) is 20.7 Å². The van der Waals surface area contributed by atoms with Crippen molar-refractivity contribution in [3.8, 4) is 11.5 Å². The third-order valence-electron chi connectivity index (χ3n) is 2.93. The van der Waals surface area contributed by atoms with E-state index < -0.39 is 16.3 Å². The minimum absolute atomic E-state index is 0.396. The summed E-state index contributed by atoms with van der Waals surface area (Å²) in [6.07, 6.45) is 0. The third kappa shape index (κ3) is 3.25. The van der Waals surface area contributed by atoms with Gasteiger partial charge in [-0.15, -0.1) is 0 Å². The molecule has 1 aromatic rings. The number of fused-ring (bicyclic) bond motifs is 1. The smallest absolute Gasteiger partial charge is 0.279 e. The van der Waals surface area contributed by atoms with Crippen LogP contribution in [0.25, 0.3) is 0 Å². The van der Waals surface area contributed by atoms with E-state index in [1.54, 1.807) is 19.1 Å². The van der Waals surface area contributed by atoms with E-state index in [1.807, 2.05) is 0 Å². The quantitative estimate of drug-likeness (QED) is 0.882. The minimum Gasteiger partial charge on any atom is -0.486 e. The average molecular weight is 365 g/mol. The van der Waals surface area contributed by atoms with Gasteiger partial charge in [0.15, 0.2) is 11.5 Å². The van der Waals surface area contributed by atoms with Crippen molar-refractivity contribution in [3.63, 3.8) is 0 Å². The fraction of sp³-hybridized carbons (Fsp3) is 0.500. The molecule has 2 rings (SSSR count). The monoisotopic (exact) mass is 364 g/mol. The van der Waals surface area contributed by atoms with Crippen molar-refractivity contribution in [3.05, 3.63) is 22.2 Å². The Balaban J connectivity index is 2.28. The highest BCUT2D eigenvalue weighted by molar-refractivity contribution is 9.10. The molecule has 0 spiro atoms. The molecular formula is C12H17BrN2O4S. The van der Waals surface area contributed by atoms with Gasteiger partial charge in [-0.1, -0.05) is 15.9 Å². The van der Waals surface area contributed by atoms with Crippen LogP contribution in [0, 0.1) is 0 Å². The van der Waals surface area contributed by atoms with Crippen molar-refractivity contribution in [1.82, 2.24) is 9.03 Å². The number of hydrogen-bond acceptors (Lipinski definition) is 4. The molecule has 0 fully saturated rings. The first-order chi connectivity index (χ1) is 9.31. The van der Waals surface area contributed by atoms with E-state index in [9.17, 15) is 8.42 Å². The average Bonchev–Trinajstić information content (AvgIpc) is 2.37. The summed E-state index contributed by atoms with van der Waals surface area (Å²) in [5.41, 5.74) is 0.791. The fourth-order valence-corrected chi connectivity index (χ4v) is 3.25. The Kier molecular flexibility index (Phi) is 4.58. The van der Waals surface area contributed by atoms with Crippen molar-refractivity contribution in [2.45, 2.75) is 13.0 Å². The zero-order valence-electron chi connectivity index (χ0n) is 11.5. The summed E-state index contributed by atoms with van der Waals surface area (Å²) in [6, 6.07) is 3.19. The Morgan fingerprint density at radius 1 is 1.25 bits per heavy atom.